The molecular formula is C14H17F2NO2. The normalized spacial score (nSPS) is 23.2. The number of benzene rings is 1. The van der Waals surface area contributed by atoms with Crippen LogP contribution in [0, 0.1) is 12.7 Å². The predicted octanol–water partition coefficient (Wildman–Crippen LogP) is 2.34. The Labute approximate surface area is 111 Å². The number of esters is 1. The number of hydrogen-bond donors (Lipinski definition) is 1. The molecule has 0 bridgehead atoms. The Kier molecular flexibility index (Phi) is 4.14. The van der Waals surface area contributed by atoms with Gasteiger partial charge in [-0.15, -0.1) is 0 Å². The van der Waals surface area contributed by atoms with E-state index in [1.54, 1.807) is 13.0 Å². The fraction of sp³-hybridized carbons (Fsp3) is 0.500. The molecule has 2 atom stereocenters. The molecule has 2 unspecified atom stereocenters. The predicted molar refractivity (Wildman–Crippen MR) is 67.6 cm³/mol. The van der Waals surface area contributed by atoms with Crippen LogP contribution >= 0.6 is 0 Å². The van der Waals surface area contributed by atoms with Crippen LogP contribution in [0.15, 0.2) is 12.1 Å². The van der Waals surface area contributed by atoms with Crippen LogP contribution in [0.4, 0.5) is 8.78 Å². The summed E-state index contributed by atoms with van der Waals surface area (Å²) in [6, 6.07) is 2.70. The molecule has 3 nitrogen and oxygen atoms in total. The Hall–Kier alpha value is -1.49. The second-order valence-electron chi connectivity index (χ2n) is 4.80. The molecule has 5 heteroatoms. The standard InChI is InChI=1S/C14H17F2NO2/c1-8-5-11(9-3-4-17-7-13(9)16)12(15)6-10(8)14(18)19-2/h5-6,9,13,17H,3-4,7H2,1-2H3. The second kappa shape index (κ2) is 5.65. The SMILES string of the molecule is COC(=O)c1cc(F)c(C2CCNCC2F)cc1C. The van der Waals surface area contributed by atoms with Crippen LogP contribution in [-0.2, 0) is 4.74 Å². The van der Waals surface area contributed by atoms with Crippen molar-refractivity contribution < 1.29 is 18.3 Å². The first kappa shape index (κ1) is 13.9. The summed E-state index contributed by atoms with van der Waals surface area (Å²) in [4.78, 5) is 11.5. The van der Waals surface area contributed by atoms with Crippen LogP contribution in [-0.4, -0.2) is 32.3 Å². The molecule has 2 rings (SSSR count). The molecule has 0 aliphatic carbocycles. The third-order valence-electron chi connectivity index (χ3n) is 3.56. The van der Waals surface area contributed by atoms with Crippen molar-refractivity contribution in [1.82, 2.24) is 5.32 Å². The average molecular weight is 269 g/mol. The molecule has 1 aliphatic heterocycles. The number of aryl methyl sites for hydroxylation is 1. The lowest BCUT2D eigenvalue weighted by molar-refractivity contribution is 0.0599. The number of ether oxygens (including phenoxy) is 1. The molecule has 1 N–H and O–H groups in total. The largest absolute Gasteiger partial charge is 0.465 e. The molecule has 1 aliphatic rings. The van der Waals surface area contributed by atoms with Gasteiger partial charge in [0.1, 0.15) is 12.0 Å². The third kappa shape index (κ3) is 2.76. The van der Waals surface area contributed by atoms with Crippen molar-refractivity contribution in [3.8, 4) is 0 Å². The fourth-order valence-electron chi connectivity index (χ4n) is 2.49. The highest BCUT2D eigenvalue weighted by Gasteiger charge is 2.29. The minimum atomic E-state index is -1.10. The molecule has 1 aromatic rings. The van der Waals surface area contributed by atoms with E-state index in [-0.39, 0.29) is 12.1 Å². The molecule has 0 amide bonds. The van der Waals surface area contributed by atoms with E-state index in [0.717, 1.165) is 6.07 Å². The quantitative estimate of drug-likeness (QED) is 0.837. The number of piperidine rings is 1. The van der Waals surface area contributed by atoms with Gasteiger partial charge >= 0.3 is 5.97 Å². The van der Waals surface area contributed by atoms with Gasteiger partial charge in [-0.05, 0) is 37.1 Å². The monoisotopic (exact) mass is 269 g/mol. The summed E-state index contributed by atoms with van der Waals surface area (Å²) in [6.07, 6.45) is -0.554. The molecule has 1 aromatic carbocycles. The number of methoxy groups -OCH3 is 1. The van der Waals surface area contributed by atoms with Crippen molar-refractivity contribution in [1.29, 1.82) is 0 Å². The van der Waals surface area contributed by atoms with Gasteiger partial charge in [0.25, 0.3) is 0 Å². The lowest BCUT2D eigenvalue weighted by Crippen LogP contribution is -2.37. The molecule has 1 heterocycles. The van der Waals surface area contributed by atoms with Crippen molar-refractivity contribution in [2.24, 2.45) is 0 Å². The van der Waals surface area contributed by atoms with Crippen molar-refractivity contribution in [2.45, 2.75) is 25.4 Å². The first-order valence-electron chi connectivity index (χ1n) is 6.27. The van der Waals surface area contributed by atoms with E-state index in [2.05, 4.69) is 10.1 Å². The number of rotatable bonds is 2. The number of hydrogen-bond acceptors (Lipinski definition) is 3. The second-order valence-corrected chi connectivity index (χ2v) is 4.80. The van der Waals surface area contributed by atoms with Crippen molar-refractivity contribution in [2.75, 3.05) is 20.2 Å². The minimum Gasteiger partial charge on any atom is -0.465 e. The summed E-state index contributed by atoms with van der Waals surface area (Å²) >= 11 is 0. The van der Waals surface area contributed by atoms with Crippen molar-refractivity contribution in [3.05, 3.63) is 34.6 Å². The molecule has 0 saturated carbocycles. The van der Waals surface area contributed by atoms with Gasteiger partial charge in [-0.1, -0.05) is 6.07 Å². The average Bonchev–Trinajstić information content (AvgIpc) is 2.41. The van der Waals surface area contributed by atoms with E-state index in [1.165, 1.54) is 7.11 Å². The summed E-state index contributed by atoms with van der Waals surface area (Å²) in [6.45, 7) is 2.60. The number of alkyl halides is 1. The third-order valence-corrected chi connectivity index (χ3v) is 3.56. The van der Waals surface area contributed by atoms with Gasteiger partial charge in [-0.25, -0.2) is 13.6 Å². The zero-order valence-corrected chi connectivity index (χ0v) is 11.0. The van der Waals surface area contributed by atoms with Crippen LogP contribution in [0.3, 0.4) is 0 Å². The van der Waals surface area contributed by atoms with E-state index in [4.69, 9.17) is 0 Å². The molecule has 0 radical (unpaired) electrons. The summed E-state index contributed by atoms with van der Waals surface area (Å²) in [5.41, 5.74) is 1.14. The first-order valence-corrected chi connectivity index (χ1v) is 6.27. The highest BCUT2D eigenvalue weighted by Crippen LogP contribution is 2.31. The Morgan fingerprint density at radius 1 is 1.47 bits per heavy atom. The van der Waals surface area contributed by atoms with Gasteiger partial charge in [-0.3, -0.25) is 0 Å². The van der Waals surface area contributed by atoms with Crippen LogP contribution in [0.2, 0.25) is 0 Å². The minimum absolute atomic E-state index is 0.188. The molecular weight excluding hydrogens is 252 g/mol. The zero-order chi connectivity index (χ0) is 14.0. The van der Waals surface area contributed by atoms with E-state index in [0.29, 0.717) is 24.1 Å². The number of carbonyl (C=O) groups excluding carboxylic acids is 1. The van der Waals surface area contributed by atoms with E-state index in [9.17, 15) is 13.6 Å². The van der Waals surface area contributed by atoms with Crippen LogP contribution in [0.1, 0.15) is 33.8 Å². The van der Waals surface area contributed by atoms with E-state index >= 15 is 0 Å². The molecule has 19 heavy (non-hydrogen) atoms. The van der Waals surface area contributed by atoms with Gasteiger partial charge in [0.05, 0.1) is 12.7 Å². The summed E-state index contributed by atoms with van der Waals surface area (Å²) in [5.74, 6) is -1.57. The molecule has 0 aromatic heterocycles. The molecule has 1 saturated heterocycles. The van der Waals surface area contributed by atoms with Crippen LogP contribution in [0.5, 0.6) is 0 Å². The topological polar surface area (TPSA) is 38.3 Å². The number of halogens is 2. The van der Waals surface area contributed by atoms with E-state index < -0.39 is 23.9 Å². The lowest BCUT2D eigenvalue weighted by Gasteiger charge is -2.27. The Bertz CT molecular complexity index is 491. The highest BCUT2D eigenvalue weighted by molar-refractivity contribution is 5.91. The first-order chi connectivity index (χ1) is 9.04. The summed E-state index contributed by atoms with van der Waals surface area (Å²) in [5, 5.41) is 2.94. The molecule has 0 spiro atoms. The van der Waals surface area contributed by atoms with Gasteiger partial charge in [0.2, 0.25) is 0 Å². The number of nitrogens with one attached hydrogen (secondary N) is 1. The van der Waals surface area contributed by atoms with Crippen molar-refractivity contribution >= 4 is 5.97 Å². The van der Waals surface area contributed by atoms with Crippen LogP contribution < -0.4 is 5.32 Å². The summed E-state index contributed by atoms with van der Waals surface area (Å²) in [7, 11) is 1.25. The fourth-order valence-corrected chi connectivity index (χ4v) is 2.49. The van der Waals surface area contributed by atoms with Gasteiger partial charge in [0.15, 0.2) is 0 Å². The van der Waals surface area contributed by atoms with Crippen LogP contribution in [0.25, 0.3) is 0 Å². The Morgan fingerprint density at radius 2 is 2.21 bits per heavy atom. The van der Waals surface area contributed by atoms with Gasteiger partial charge in [0, 0.05) is 12.5 Å². The maximum absolute atomic E-state index is 14.1. The molecule has 1 fully saturated rings. The van der Waals surface area contributed by atoms with Gasteiger partial charge < -0.3 is 10.1 Å². The lowest BCUT2D eigenvalue weighted by atomic mass is 9.86. The summed E-state index contributed by atoms with van der Waals surface area (Å²) < 4.78 is 32.5. The zero-order valence-electron chi connectivity index (χ0n) is 11.0. The van der Waals surface area contributed by atoms with E-state index in [1.807, 2.05) is 0 Å². The van der Waals surface area contributed by atoms with Crippen molar-refractivity contribution in [3.63, 3.8) is 0 Å². The maximum Gasteiger partial charge on any atom is 0.338 e. The van der Waals surface area contributed by atoms with Gasteiger partial charge in [-0.2, -0.15) is 0 Å². The Morgan fingerprint density at radius 3 is 2.84 bits per heavy atom. The number of carbonyl (C=O) groups is 1. The molecule has 104 valence electrons. The highest BCUT2D eigenvalue weighted by atomic mass is 19.1. The maximum atomic E-state index is 14.1. The Balaban J connectivity index is 2.37. The smallest absolute Gasteiger partial charge is 0.338 e.